The fourth-order valence-corrected chi connectivity index (χ4v) is 5.09. The molecule has 2 aromatic rings. The minimum Gasteiger partial charge on any atom is -0.493 e. The smallest absolute Gasteiger partial charge is 0.257 e. The monoisotopic (exact) mass is 412 g/mol. The fourth-order valence-electron chi connectivity index (χ4n) is 5.09. The van der Waals surface area contributed by atoms with Crippen LogP contribution < -0.4 is 9.47 Å². The molecule has 0 saturated carbocycles. The van der Waals surface area contributed by atoms with Gasteiger partial charge in [-0.1, -0.05) is 6.42 Å². The van der Waals surface area contributed by atoms with Gasteiger partial charge in [0.05, 0.1) is 31.7 Å². The van der Waals surface area contributed by atoms with E-state index >= 15 is 0 Å². The van der Waals surface area contributed by atoms with Gasteiger partial charge in [-0.05, 0) is 62.9 Å². The summed E-state index contributed by atoms with van der Waals surface area (Å²) in [6, 6.07) is 6.24. The molecule has 1 amide bonds. The lowest BCUT2D eigenvalue weighted by molar-refractivity contribution is 0.0403. The molecule has 0 radical (unpaired) electrons. The second kappa shape index (κ2) is 9.08. The quantitative estimate of drug-likeness (QED) is 0.787. The molecule has 0 spiro atoms. The average Bonchev–Trinajstić information content (AvgIpc) is 3.28. The third kappa shape index (κ3) is 4.03. The van der Waals surface area contributed by atoms with Crippen molar-refractivity contribution in [2.45, 2.75) is 38.1 Å². The zero-order valence-electron chi connectivity index (χ0n) is 18.2. The van der Waals surface area contributed by atoms with Gasteiger partial charge in [0.15, 0.2) is 11.5 Å². The van der Waals surface area contributed by atoms with Crippen molar-refractivity contribution in [1.29, 1.82) is 0 Å². The van der Waals surface area contributed by atoms with E-state index in [1.807, 2.05) is 30.1 Å². The van der Waals surface area contributed by atoms with E-state index in [1.165, 1.54) is 45.2 Å². The maximum Gasteiger partial charge on any atom is 0.257 e. The maximum atomic E-state index is 13.3. The highest BCUT2D eigenvalue weighted by Gasteiger charge is 2.34. The Morgan fingerprint density at radius 3 is 2.77 bits per heavy atom. The summed E-state index contributed by atoms with van der Waals surface area (Å²) in [5, 5.41) is 7.15. The molecule has 2 fully saturated rings. The number of nitrogens with zero attached hydrogens (tertiary/aromatic N) is 3. The van der Waals surface area contributed by atoms with Crippen molar-refractivity contribution in [2.24, 2.45) is 5.92 Å². The summed E-state index contributed by atoms with van der Waals surface area (Å²) < 4.78 is 10.7. The largest absolute Gasteiger partial charge is 0.493 e. The van der Waals surface area contributed by atoms with Crippen LogP contribution in [0.1, 0.15) is 42.5 Å². The predicted molar refractivity (Wildman–Crippen MR) is 116 cm³/mol. The lowest BCUT2D eigenvalue weighted by Crippen LogP contribution is -2.51. The molecule has 162 valence electrons. The Balaban J connectivity index is 1.51. The topological polar surface area (TPSA) is 70.7 Å². The van der Waals surface area contributed by atoms with Crippen LogP contribution >= 0.6 is 0 Å². The van der Waals surface area contributed by atoms with Gasteiger partial charge < -0.3 is 19.3 Å². The van der Waals surface area contributed by atoms with Crippen molar-refractivity contribution in [3.05, 3.63) is 30.0 Å². The zero-order valence-corrected chi connectivity index (χ0v) is 18.2. The average molecular weight is 413 g/mol. The summed E-state index contributed by atoms with van der Waals surface area (Å²) in [5.74, 6) is 1.82. The first-order valence-corrected chi connectivity index (χ1v) is 10.9. The van der Waals surface area contributed by atoms with Crippen LogP contribution in [-0.2, 0) is 0 Å². The highest BCUT2D eigenvalue weighted by Crippen LogP contribution is 2.34. The number of piperidine rings is 2. The zero-order chi connectivity index (χ0) is 21.1. The number of methoxy groups -OCH3 is 2. The number of fused-ring (bicyclic) bond motifs is 1. The summed E-state index contributed by atoms with van der Waals surface area (Å²) in [6.45, 7) is 3.21. The SMILES string of the molecule is COc1ccc(-c2[nH]ncc2C(=O)N(C)C[C@@H]2CCCN3CCCC[C@H]23)cc1OC. The van der Waals surface area contributed by atoms with E-state index in [1.54, 1.807) is 20.4 Å². The standard InChI is InChI=1S/C23H32N4O3/c1-26(15-17-7-6-12-27-11-5-4-8-19(17)27)23(28)18-14-24-25-22(18)16-9-10-20(29-2)21(13-16)30-3/h9-10,13-14,17,19H,4-8,11-12,15H2,1-3H3,(H,24,25)/t17-,19+/m0/s1. The van der Waals surface area contributed by atoms with Crippen LogP contribution in [0.5, 0.6) is 11.5 Å². The van der Waals surface area contributed by atoms with Crippen LogP contribution in [0.25, 0.3) is 11.3 Å². The molecule has 3 heterocycles. The van der Waals surface area contributed by atoms with Gasteiger partial charge in [0, 0.05) is 25.2 Å². The lowest BCUT2D eigenvalue weighted by atomic mass is 9.83. The van der Waals surface area contributed by atoms with Gasteiger partial charge in [0.25, 0.3) is 5.91 Å². The van der Waals surface area contributed by atoms with Gasteiger partial charge in [-0.25, -0.2) is 0 Å². The second-order valence-corrected chi connectivity index (χ2v) is 8.42. The van der Waals surface area contributed by atoms with Crippen molar-refractivity contribution in [3.63, 3.8) is 0 Å². The minimum atomic E-state index is 0.00136. The predicted octanol–water partition coefficient (Wildman–Crippen LogP) is 3.43. The number of hydrogen-bond donors (Lipinski definition) is 1. The van der Waals surface area contributed by atoms with Gasteiger partial charge in [-0.2, -0.15) is 5.10 Å². The van der Waals surface area contributed by atoms with Crippen molar-refractivity contribution < 1.29 is 14.3 Å². The maximum absolute atomic E-state index is 13.3. The number of nitrogens with one attached hydrogen (secondary N) is 1. The molecule has 7 nitrogen and oxygen atoms in total. The molecule has 2 saturated heterocycles. The number of aromatic amines is 1. The summed E-state index contributed by atoms with van der Waals surface area (Å²) in [6.07, 6.45) is 7.93. The first-order valence-electron chi connectivity index (χ1n) is 10.9. The summed E-state index contributed by atoms with van der Waals surface area (Å²) in [5.41, 5.74) is 2.13. The number of carbonyl (C=O) groups excluding carboxylic acids is 1. The van der Waals surface area contributed by atoms with E-state index in [0.717, 1.165) is 12.1 Å². The van der Waals surface area contributed by atoms with E-state index in [9.17, 15) is 4.79 Å². The Kier molecular flexibility index (Phi) is 6.27. The molecule has 0 bridgehead atoms. The fraction of sp³-hybridized carbons (Fsp3) is 0.565. The number of benzene rings is 1. The molecule has 0 aliphatic carbocycles. The highest BCUT2D eigenvalue weighted by molar-refractivity contribution is 5.99. The Morgan fingerprint density at radius 2 is 1.97 bits per heavy atom. The molecule has 1 aromatic heterocycles. The molecule has 0 unspecified atom stereocenters. The molecule has 1 N–H and O–H groups in total. The van der Waals surface area contributed by atoms with E-state index in [-0.39, 0.29) is 5.91 Å². The molecule has 1 aromatic carbocycles. The molecule has 2 aliphatic heterocycles. The molecule has 2 atom stereocenters. The van der Waals surface area contributed by atoms with Crippen molar-refractivity contribution >= 4 is 5.91 Å². The van der Waals surface area contributed by atoms with Gasteiger partial charge in [-0.3, -0.25) is 9.89 Å². The van der Waals surface area contributed by atoms with Crippen molar-refractivity contribution in [2.75, 3.05) is 40.9 Å². The Morgan fingerprint density at radius 1 is 1.17 bits per heavy atom. The van der Waals surface area contributed by atoms with E-state index in [2.05, 4.69) is 15.1 Å². The number of ether oxygens (including phenoxy) is 2. The number of hydrogen-bond acceptors (Lipinski definition) is 5. The third-order valence-electron chi connectivity index (χ3n) is 6.63. The van der Waals surface area contributed by atoms with Gasteiger partial charge >= 0.3 is 0 Å². The van der Waals surface area contributed by atoms with Gasteiger partial charge in [0.2, 0.25) is 0 Å². The van der Waals surface area contributed by atoms with Gasteiger partial charge in [0.1, 0.15) is 0 Å². The van der Waals surface area contributed by atoms with Crippen molar-refractivity contribution in [3.8, 4) is 22.8 Å². The number of rotatable bonds is 6. The van der Waals surface area contributed by atoms with E-state index in [4.69, 9.17) is 9.47 Å². The first kappa shape index (κ1) is 20.7. The molecule has 2 aliphatic rings. The first-order chi connectivity index (χ1) is 14.6. The van der Waals surface area contributed by atoms with Crippen LogP contribution in [0, 0.1) is 5.92 Å². The van der Waals surface area contributed by atoms with Crippen LogP contribution in [0.4, 0.5) is 0 Å². The van der Waals surface area contributed by atoms with Crippen LogP contribution in [-0.4, -0.2) is 72.8 Å². The molecule has 30 heavy (non-hydrogen) atoms. The van der Waals surface area contributed by atoms with E-state index < -0.39 is 0 Å². The molecular formula is C23H32N4O3. The van der Waals surface area contributed by atoms with E-state index in [0.29, 0.717) is 34.7 Å². The van der Waals surface area contributed by atoms with Crippen LogP contribution in [0.2, 0.25) is 0 Å². The van der Waals surface area contributed by atoms with Crippen LogP contribution in [0.3, 0.4) is 0 Å². The molecular weight excluding hydrogens is 380 g/mol. The summed E-state index contributed by atoms with van der Waals surface area (Å²) >= 11 is 0. The highest BCUT2D eigenvalue weighted by atomic mass is 16.5. The number of aromatic nitrogens is 2. The van der Waals surface area contributed by atoms with Gasteiger partial charge in [-0.15, -0.1) is 0 Å². The summed E-state index contributed by atoms with van der Waals surface area (Å²) in [7, 11) is 5.12. The number of amides is 1. The summed E-state index contributed by atoms with van der Waals surface area (Å²) in [4.78, 5) is 17.8. The number of H-pyrrole nitrogens is 1. The normalized spacial score (nSPS) is 21.7. The molecule has 7 heteroatoms. The Labute approximate surface area is 178 Å². The van der Waals surface area contributed by atoms with Crippen molar-refractivity contribution in [1.82, 2.24) is 20.0 Å². The Bertz CT molecular complexity index is 879. The lowest BCUT2D eigenvalue weighted by Gasteiger charge is -2.45. The molecule has 4 rings (SSSR count). The Hall–Kier alpha value is -2.54. The third-order valence-corrected chi connectivity index (χ3v) is 6.63. The number of carbonyl (C=O) groups is 1. The minimum absolute atomic E-state index is 0.00136. The second-order valence-electron chi connectivity index (χ2n) is 8.42. The van der Waals surface area contributed by atoms with Crippen LogP contribution in [0.15, 0.2) is 24.4 Å².